The molecule has 0 saturated carbocycles. The number of hydrogen-bond acceptors (Lipinski definition) is 3. The molecule has 0 radical (unpaired) electrons. The minimum Gasteiger partial charge on any atom is -0.311 e. The highest BCUT2D eigenvalue weighted by atomic mass is 15.3. The van der Waals surface area contributed by atoms with Gasteiger partial charge in [0.15, 0.2) is 0 Å². The summed E-state index contributed by atoms with van der Waals surface area (Å²) < 4.78 is 1.94. The van der Waals surface area contributed by atoms with E-state index in [9.17, 15) is 0 Å². The molecule has 0 atom stereocenters. The fourth-order valence-corrected chi connectivity index (χ4v) is 1.31. The zero-order valence-electron chi connectivity index (χ0n) is 10.5. The molecular formula is C12H20N4. The molecule has 0 aromatic carbocycles. The Kier molecular flexibility index (Phi) is 4.08. The van der Waals surface area contributed by atoms with Crippen LogP contribution in [-0.4, -0.2) is 16.3 Å². The molecular weight excluding hydrogens is 200 g/mol. The second-order valence-corrected chi connectivity index (χ2v) is 5.02. The lowest BCUT2D eigenvalue weighted by Gasteiger charge is -2.15. The number of hydrogen-bond donors (Lipinski definition) is 1. The summed E-state index contributed by atoms with van der Waals surface area (Å²) in [6, 6.07) is 2.66. The van der Waals surface area contributed by atoms with Crippen LogP contribution in [-0.2, 0) is 6.54 Å². The van der Waals surface area contributed by atoms with E-state index in [1.54, 1.807) is 0 Å². The van der Waals surface area contributed by atoms with Gasteiger partial charge in [-0.3, -0.25) is 4.68 Å². The molecule has 0 fully saturated rings. The second-order valence-electron chi connectivity index (χ2n) is 5.02. The van der Waals surface area contributed by atoms with E-state index in [-0.39, 0.29) is 5.41 Å². The van der Waals surface area contributed by atoms with Crippen LogP contribution in [0.25, 0.3) is 0 Å². The SMILES string of the molecule is CC(C)n1cc(CNCC(C)(C)C#N)cn1. The molecule has 0 saturated heterocycles. The summed E-state index contributed by atoms with van der Waals surface area (Å²) in [5.41, 5.74) is 0.844. The molecule has 1 aromatic rings. The summed E-state index contributed by atoms with van der Waals surface area (Å²) in [5, 5.41) is 16.4. The van der Waals surface area contributed by atoms with E-state index in [4.69, 9.17) is 5.26 Å². The van der Waals surface area contributed by atoms with Crippen LogP contribution < -0.4 is 5.32 Å². The number of nitrogens with zero attached hydrogens (tertiary/aromatic N) is 3. The molecule has 0 bridgehead atoms. The molecule has 1 heterocycles. The highest BCUT2D eigenvalue weighted by Gasteiger charge is 2.15. The first-order valence-corrected chi connectivity index (χ1v) is 5.59. The van der Waals surface area contributed by atoms with Gasteiger partial charge in [-0.2, -0.15) is 10.4 Å². The quantitative estimate of drug-likeness (QED) is 0.826. The van der Waals surface area contributed by atoms with Crippen LogP contribution in [0.1, 0.15) is 39.3 Å². The summed E-state index contributed by atoms with van der Waals surface area (Å²) in [7, 11) is 0. The van der Waals surface area contributed by atoms with Gasteiger partial charge in [-0.1, -0.05) is 0 Å². The van der Waals surface area contributed by atoms with E-state index in [0.29, 0.717) is 12.6 Å². The second kappa shape index (κ2) is 5.13. The summed E-state index contributed by atoms with van der Waals surface area (Å²) >= 11 is 0. The van der Waals surface area contributed by atoms with Crippen molar-refractivity contribution in [1.82, 2.24) is 15.1 Å². The molecule has 0 aliphatic rings. The highest BCUT2D eigenvalue weighted by Crippen LogP contribution is 2.11. The predicted molar refractivity (Wildman–Crippen MR) is 63.7 cm³/mol. The fraction of sp³-hybridized carbons (Fsp3) is 0.667. The van der Waals surface area contributed by atoms with E-state index in [1.807, 2.05) is 30.9 Å². The van der Waals surface area contributed by atoms with E-state index in [1.165, 1.54) is 0 Å². The van der Waals surface area contributed by atoms with Gasteiger partial charge < -0.3 is 5.32 Å². The number of rotatable bonds is 5. The van der Waals surface area contributed by atoms with Crippen molar-refractivity contribution in [3.63, 3.8) is 0 Å². The first-order valence-electron chi connectivity index (χ1n) is 5.59. The predicted octanol–water partition coefficient (Wildman–Crippen LogP) is 2.10. The Labute approximate surface area is 97.3 Å². The molecule has 0 aliphatic heterocycles. The maximum Gasteiger partial charge on any atom is 0.0697 e. The smallest absolute Gasteiger partial charge is 0.0697 e. The Morgan fingerprint density at radius 2 is 2.25 bits per heavy atom. The van der Waals surface area contributed by atoms with Gasteiger partial charge in [-0.15, -0.1) is 0 Å². The molecule has 1 rings (SSSR count). The van der Waals surface area contributed by atoms with Gasteiger partial charge in [0.05, 0.1) is 17.7 Å². The van der Waals surface area contributed by atoms with Gasteiger partial charge in [0.2, 0.25) is 0 Å². The monoisotopic (exact) mass is 220 g/mol. The van der Waals surface area contributed by atoms with Gasteiger partial charge in [0.25, 0.3) is 0 Å². The van der Waals surface area contributed by atoms with Gasteiger partial charge >= 0.3 is 0 Å². The maximum absolute atomic E-state index is 8.86. The van der Waals surface area contributed by atoms with Crippen LogP contribution in [0.15, 0.2) is 12.4 Å². The Balaban J connectivity index is 2.41. The van der Waals surface area contributed by atoms with E-state index in [0.717, 1.165) is 12.1 Å². The van der Waals surface area contributed by atoms with Crippen molar-refractivity contribution in [2.75, 3.05) is 6.54 Å². The standard InChI is InChI=1S/C12H20N4/c1-10(2)16-7-11(6-15-16)5-14-9-12(3,4)8-13/h6-7,10,14H,5,9H2,1-4H3. The molecule has 0 amide bonds. The Morgan fingerprint density at radius 1 is 1.56 bits per heavy atom. The van der Waals surface area contributed by atoms with Crippen LogP contribution in [0.2, 0.25) is 0 Å². The molecule has 16 heavy (non-hydrogen) atoms. The molecule has 1 N–H and O–H groups in total. The molecule has 1 aromatic heterocycles. The lowest BCUT2D eigenvalue weighted by atomic mass is 9.96. The fourth-order valence-electron chi connectivity index (χ4n) is 1.31. The van der Waals surface area contributed by atoms with Crippen LogP contribution in [0.3, 0.4) is 0 Å². The average Bonchev–Trinajstić information content (AvgIpc) is 2.66. The third kappa shape index (κ3) is 3.67. The van der Waals surface area contributed by atoms with Crippen LogP contribution in [0, 0.1) is 16.7 Å². The minimum absolute atomic E-state index is 0.311. The third-order valence-electron chi connectivity index (χ3n) is 2.38. The summed E-state index contributed by atoms with van der Waals surface area (Å²) in [4.78, 5) is 0. The van der Waals surface area contributed by atoms with Crippen LogP contribution >= 0.6 is 0 Å². The lowest BCUT2D eigenvalue weighted by molar-refractivity contribution is 0.445. The van der Waals surface area contributed by atoms with Crippen molar-refractivity contribution >= 4 is 0 Å². The Bertz CT molecular complexity index is 371. The summed E-state index contributed by atoms with van der Waals surface area (Å²) in [6.45, 7) is 9.51. The van der Waals surface area contributed by atoms with Crippen LogP contribution in [0.5, 0.6) is 0 Å². The van der Waals surface area contributed by atoms with Crippen molar-refractivity contribution in [2.45, 2.75) is 40.3 Å². The van der Waals surface area contributed by atoms with Gasteiger partial charge in [0, 0.05) is 30.9 Å². The molecule has 4 nitrogen and oxygen atoms in total. The van der Waals surface area contributed by atoms with Gasteiger partial charge in [-0.25, -0.2) is 0 Å². The Morgan fingerprint density at radius 3 is 2.75 bits per heavy atom. The summed E-state index contributed by atoms with van der Waals surface area (Å²) in [5.74, 6) is 0. The first-order chi connectivity index (χ1) is 7.44. The third-order valence-corrected chi connectivity index (χ3v) is 2.38. The van der Waals surface area contributed by atoms with Gasteiger partial charge in [-0.05, 0) is 27.7 Å². The van der Waals surface area contributed by atoms with Crippen molar-refractivity contribution in [2.24, 2.45) is 5.41 Å². The van der Waals surface area contributed by atoms with Crippen molar-refractivity contribution in [3.8, 4) is 6.07 Å². The zero-order valence-corrected chi connectivity index (χ0v) is 10.5. The zero-order chi connectivity index (χ0) is 12.2. The van der Waals surface area contributed by atoms with Crippen molar-refractivity contribution in [3.05, 3.63) is 18.0 Å². The Hall–Kier alpha value is -1.34. The van der Waals surface area contributed by atoms with Crippen molar-refractivity contribution < 1.29 is 0 Å². The number of aromatic nitrogens is 2. The summed E-state index contributed by atoms with van der Waals surface area (Å²) in [6.07, 6.45) is 3.91. The van der Waals surface area contributed by atoms with E-state index in [2.05, 4.69) is 30.3 Å². The normalized spacial score (nSPS) is 11.8. The van der Waals surface area contributed by atoms with Crippen molar-refractivity contribution in [1.29, 1.82) is 5.26 Å². The molecule has 0 aliphatic carbocycles. The molecule has 4 heteroatoms. The average molecular weight is 220 g/mol. The number of nitrogens with one attached hydrogen (secondary N) is 1. The van der Waals surface area contributed by atoms with E-state index < -0.39 is 0 Å². The largest absolute Gasteiger partial charge is 0.311 e. The maximum atomic E-state index is 8.86. The highest BCUT2D eigenvalue weighted by molar-refractivity contribution is 5.04. The molecule has 0 unspecified atom stereocenters. The topological polar surface area (TPSA) is 53.6 Å². The molecule has 88 valence electrons. The lowest BCUT2D eigenvalue weighted by Crippen LogP contribution is -2.27. The van der Waals surface area contributed by atoms with Crippen LogP contribution in [0.4, 0.5) is 0 Å². The van der Waals surface area contributed by atoms with Gasteiger partial charge in [0.1, 0.15) is 0 Å². The minimum atomic E-state index is -0.311. The molecule has 0 spiro atoms. The first kappa shape index (κ1) is 12.7. The number of nitriles is 1. The van der Waals surface area contributed by atoms with E-state index >= 15 is 0 Å².